The largest absolute Gasteiger partial charge is 0.355 e. The van der Waals surface area contributed by atoms with Gasteiger partial charge in [-0.1, -0.05) is 56.5 Å². The summed E-state index contributed by atoms with van der Waals surface area (Å²) in [6, 6.07) is 10.7. The number of nitrogens with zero attached hydrogens (tertiary/aromatic N) is 2. The first-order valence-corrected chi connectivity index (χ1v) is 11.0. The van der Waals surface area contributed by atoms with Crippen molar-refractivity contribution in [2.24, 2.45) is 0 Å². The van der Waals surface area contributed by atoms with Crippen LogP contribution in [0.4, 0.5) is 0 Å². The van der Waals surface area contributed by atoms with E-state index in [9.17, 15) is 4.79 Å². The highest BCUT2D eigenvalue weighted by Gasteiger charge is 2.39. The van der Waals surface area contributed by atoms with E-state index >= 15 is 0 Å². The fraction of sp³-hybridized carbons (Fsp3) is 0.696. The Morgan fingerprint density at radius 3 is 2.52 bits per heavy atom. The number of carbonyl (C=O) groups is 1. The maximum Gasteiger partial charge on any atom is 0.221 e. The molecule has 1 aromatic carbocycles. The molecule has 1 saturated heterocycles. The van der Waals surface area contributed by atoms with E-state index in [1.165, 1.54) is 44.1 Å². The Balaban J connectivity index is 1.70. The van der Waals surface area contributed by atoms with Crippen LogP contribution >= 0.6 is 0 Å². The second-order valence-electron chi connectivity index (χ2n) is 8.41. The molecule has 4 heteroatoms. The average molecular weight is 372 g/mol. The van der Waals surface area contributed by atoms with Crippen molar-refractivity contribution in [3.05, 3.63) is 35.9 Å². The van der Waals surface area contributed by atoms with Gasteiger partial charge in [0, 0.05) is 31.6 Å². The van der Waals surface area contributed by atoms with Crippen LogP contribution in [0.2, 0.25) is 0 Å². The molecule has 1 aliphatic carbocycles. The van der Waals surface area contributed by atoms with Crippen LogP contribution in [-0.4, -0.2) is 54.0 Å². The van der Waals surface area contributed by atoms with Gasteiger partial charge in [-0.2, -0.15) is 0 Å². The molecule has 3 rings (SSSR count). The molecular formula is C23H37N3O. The molecule has 1 aromatic rings. The summed E-state index contributed by atoms with van der Waals surface area (Å²) in [6.45, 7) is 8.26. The van der Waals surface area contributed by atoms with E-state index in [4.69, 9.17) is 0 Å². The summed E-state index contributed by atoms with van der Waals surface area (Å²) in [5, 5.41) is 3.22. The monoisotopic (exact) mass is 371 g/mol. The summed E-state index contributed by atoms with van der Waals surface area (Å²) in [4.78, 5) is 17.9. The maximum absolute atomic E-state index is 12.7. The van der Waals surface area contributed by atoms with E-state index in [1.807, 2.05) is 0 Å². The van der Waals surface area contributed by atoms with Crippen molar-refractivity contribution in [3.63, 3.8) is 0 Å². The summed E-state index contributed by atoms with van der Waals surface area (Å²) in [6.07, 6.45) is 9.28. The van der Waals surface area contributed by atoms with Crippen LogP contribution in [-0.2, 0) is 11.3 Å². The van der Waals surface area contributed by atoms with Crippen molar-refractivity contribution in [2.75, 3.05) is 32.7 Å². The third-order valence-corrected chi connectivity index (χ3v) is 6.34. The lowest BCUT2D eigenvalue weighted by atomic mass is 9.77. The number of amides is 1. The Hall–Kier alpha value is -1.39. The molecule has 2 aliphatic rings. The second kappa shape index (κ2) is 10.2. The van der Waals surface area contributed by atoms with E-state index in [-0.39, 0.29) is 11.4 Å². The Labute approximate surface area is 165 Å². The highest BCUT2D eigenvalue weighted by molar-refractivity contribution is 5.77. The molecule has 0 unspecified atom stereocenters. The molecule has 27 heavy (non-hydrogen) atoms. The number of benzene rings is 1. The second-order valence-corrected chi connectivity index (χ2v) is 8.41. The molecule has 1 saturated carbocycles. The topological polar surface area (TPSA) is 35.6 Å². The first kappa shape index (κ1) is 20.3. The predicted molar refractivity (Wildman–Crippen MR) is 112 cm³/mol. The average Bonchev–Trinajstić information content (AvgIpc) is 2.70. The van der Waals surface area contributed by atoms with Crippen LogP contribution in [0.5, 0.6) is 0 Å². The number of rotatable bonds is 4. The normalized spacial score (nSPS) is 22.9. The lowest BCUT2D eigenvalue weighted by Crippen LogP contribution is -2.53. The summed E-state index contributed by atoms with van der Waals surface area (Å²) >= 11 is 0. The van der Waals surface area contributed by atoms with Gasteiger partial charge in [0.25, 0.3) is 0 Å². The zero-order chi connectivity index (χ0) is 19.0. The minimum atomic E-state index is 0.104. The number of hydrogen-bond acceptors (Lipinski definition) is 3. The van der Waals surface area contributed by atoms with E-state index in [1.54, 1.807) is 0 Å². The lowest BCUT2D eigenvalue weighted by Gasteiger charge is -2.46. The van der Waals surface area contributed by atoms with Gasteiger partial charge in [0.05, 0.1) is 0 Å². The summed E-state index contributed by atoms with van der Waals surface area (Å²) in [7, 11) is 0. The highest BCUT2D eigenvalue weighted by atomic mass is 16.1. The zero-order valence-corrected chi connectivity index (χ0v) is 17.1. The number of nitrogens with one attached hydrogen (secondary N) is 1. The molecule has 150 valence electrons. The van der Waals surface area contributed by atoms with Crippen LogP contribution in [0, 0.1) is 0 Å². The molecule has 0 bridgehead atoms. The minimum absolute atomic E-state index is 0.104. The van der Waals surface area contributed by atoms with E-state index < -0.39 is 0 Å². The molecule has 1 aliphatic heterocycles. The first-order chi connectivity index (χ1) is 13.2. The maximum atomic E-state index is 12.7. The SMILES string of the molecule is CCCN1CCCN(Cc2ccccc2)CCNC(=O)CC12CCCCC2. The van der Waals surface area contributed by atoms with Crippen molar-refractivity contribution in [1.82, 2.24) is 15.1 Å². The molecule has 1 heterocycles. The highest BCUT2D eigenvalue weighted by Crippen LogP contribution is 2.37. The Morgan fingerprint density at radius 1 is 1.00 bits per heavy atom. The molecule has 1 amide bonds. The molecular weight excluding hydrogens is 334 g/mol. The van der Waals surface area contributed by atoms with Gasteiger partial charge in [0.1, 0.15) is 0 Å². The van der Waals surface area contributed by atoms with Gasteiger partial charge >= 0.3 is 0 Å². The predicted octanol–water partition coefficient (Wildman–Crippen LogP) is 3.81. The standard InChI is InChI=1S/C23H37N3O/c1-2-15-26-17-9-16-25(20-21-10-5-3-6-11-21)18-14-24-22(27)19-23(26)12-7-4-8-13-23/h3,5-6,10-11H,2,4,7-9,12-20H2,1H3,(H,24,27). The van der Waals surface area contributed by atoms with Gasteiger partial charge in [-0.05, 0) is 50.9 Å². The minimum Gasteiger partial charge on any atom is -0.355 e. The van der Waals surface area contributed by atoms with Crippen LogP contribution in [0.15, 0.2) is 30.3 Å². The molecule has 2 fully saturated rings. The molecule has 4 nitrogen and oxygen atoms in total. The van der Waals surface area contributed by atoms with Crippen molar-refractivity contribution in [3.8, 4) is 0 Å². The smallest absolute Gasteiger partial charge is 0.221 e. The summed E-state index contributed by atoms with van der Waals surface area (Å²) in [5.41, 5.74) is 1.46. The van der Waals surface area contributed by atoms with Gasteiger partial charge in [-0.3, -0.25) is 14.6 Å². The van der Waals surface area contributed by atoms with Gasteiger partial charge in [0.15, 0.2) is 0 Å². The van der Waals surface area contributed by atoms with Crippen molar-refractivity contribution >= 4 is 5.91 Å². The van der Waals surface area contributed by atoms with Gasteiger partial charge < -0.3 is 5.32 Å². The molecule has 0 radical (unpaired) electrons. The lowest BCUT2D eigenvalue weighted by molar-refractivity contribution is -0.125. The van der Waals surface area contributed by atoms with Crippen molar-refractivity contribution in [1.29, 1.82) is 0 Å². The van der Waals surface area contributed by atoms with Gasteiger partial charge in [-0.25, -0.2) is 0 Å². The fourth-order valence-electron chi connectivity index (χ4n) is 4.98. The zero-order valence-electron chi connectivity index (χ0n) is 17.1. The molecule has 1 N–H and O–H groups in total. The van der Waals surface area contributed by atoms with Crippen molar-refractivity contribution < 1.29 is 4.79 Å². The summed E-state index contributed by atoms with van der Waals surface area (Å²) < 4.78 is 0. The summed E-state index contributed by atoms with van der Waals surface area (Å²) in [5.74, 6) is 0.250. The van der Waals surface area contributed by atoms with Crippen LogP contribution in [0.1, 0.15) is 63.9 Å². The fourth-order valence-corrected chi connectivity index (χ4v) is 4.98. The Kier molecular flexibility index (Phi) is 7.71. The van der Waals surface area contributed by atoms with Gasteiger partial charge in [-0.15, -0.1) is 0 Å². The molecule has 1 spiro atoms. The third kappa shape index (κ3) is 5.79. The Bertz CT molecular complexity index is 568. The van der Waals surface area contributed by atoms with E-state index in [2.05, 4.69) is 52.4 Å². The number of hydrogen-bond donors (Lipinski definition) is 1. The van der Waals surface area contributed by atoms with Crippen LogP contribution in [0.25, 0.3) is 0 Å². The quantitative estimate of drug-likeness (QED) is 0.874. The third-order valence-electron chi connectivity index (χ3n) is 6.34. The van der Waals surface area contributed by atoms with Crippen LogP contribution < -0.4 is 5.32 Å². The molecule has 0 atom stereocenters. The van der Waals surface area contributed by atoms with Crippen LogP contribution in [0.3, 0.4) is 0 Å². The van der Waals surface area contributed by atoms with Gasteiger partial charge in [0.2, 0.25) is 5.91 Å². The van der Waals surface area contributed by atoms with E-state index in [0.29, 0.717) is 6.42 Å². The molecule has 0 aromatic heterocycles. The van der Waals surface area contributed by atoms with E-state index in [0.717, 1.165) is 45.7 Å². The first-order valence-electron chi connectivity index (χ1n) is 11.0. The Morgan fingerprint density at radius 2 is 1.78 bits per heavy atom. The number of carbonyl (C=O) groups excluding carboxylic acids is 1. The van der Waals surface area contributed by atoms with Crippen molar-refractivity contribution in [2.45, 2.75) is 70.4 Å².